The van der Waals surface area contributed by atoms with Gasteiger partial charge in [0.1, 0.15) is 6.04 Å². The van der Waals surface area contributed by atoms with Crippen LogP contribution in [0.1, 0.15) is 55.8 Å². The van der Waals surface area contributed by atoms with Crippen molar-refractivity contribution in [1.82, 2.24) is 20.2 Å². The number of anilines is 2. The van der Waals surface area contributed by atoms with Crippen molar-refractivity contribution in [3.63, 3.8) is 0 Å². The molecule has 0 saturated heterocycles. The van der Waals surface area contributed by atoms with Gasteiger partial charge < -0.3 is 20.1 Å². The van der Waals surface area contributed by atoms with E-state index in [-0.39, 0.29) is 5.91 Å². The molecule has 1 amide bonds. The Hall–Kier alpha value is -3.88. The Labute approximate surface area is 205 Å². The van der Waals surface area contributed by atoms with Crippen molar-refractivity contribution in [1.29, 1.82) is 0 Å². The predicted octanol–water partition coefficient (Wildman–Crippen LogP) is 4.80. The lowest BCUT2D eigenvalue weighted by Gasteiger charge is -2.28. The smallest absolute Gasteiger partial charge is 0.255 e. The number of fused-ring (bicyclic) bond motifs is 1. The van der Waals surface area contributed by atoms with E-state index in [1.165, 1.54) is 0 Å². The molecule has 3 aromatic rings. The number of carbonyl (C=O) groups is 1. The maximum atomic E-state index is 13.6. The summed E-state index contributed by atoms with van der Waals surface area (Å²) in [5.41, 5.74) is 4.90. The Bertz CT molecular complexity index is 1250. The van der Waals surface area contributed by atoms with Gasteiger partial charge in [-0.25, -0.2) is 0 Å². The molecule has 1 unspecified atom stereocenters. The third-order valence-electron chi connectivity index (χ3n) is 6.32. The molecule has 35 heavy (non-hydrogen) atoms. The number of benzene rings is 2. The van der Waals surface area contributed by atoms with Gasteiger partial charge in [0.15, 0.2) is 11.5 Å². The number of aryl methyl sites for hydroxylation is 1. The number of amides is 1. The van der Waals surface area contributed by atoms with Crippen LogP contribution in [-0.4, -0.2) is 39.8 Å². The second-order valence-electron chi connectivity index (χ2n) is 8.68. The van der Waals surface area contributed by atoms with Gasteiger partial charge in [0, 0.05) is 11.4 Å². The van der Waals surface area contributed by atoms with Crippen LogP contribution in [-0.2, 0) is 4.79 Å². The van der Waals surface area contributed by atoms with Crippen LogP contribution in [0.5, 0.6) is 11.5 Å². The van der Waals surface area contributed by atoms with E-state index in [0.29, 0.717) is 35.3 Å². The number of nitrogens with zero attached hydrogens (tertiary/aromatic N) is 4. The molecule has 0 fully saturated rings. The summed E-state index contributed by atoms with van der Waals surface area (Å²) in [6.07, 6.45) is 3.22. The third kappa shape index (κ3) is 4.99. The molecule has 9 heteroatoms. The van der Waals surface area contributed by atoms with Gasteiger partial charge in [0.2, 0.25) is 5.95 Å². The van der Waals surface area contributed by atoms with Crippen LogP contribution in [0.4, 0.5) is 11.6 Å². The maximum Gasteiger partial charge on any atom is 0.255 e. The van der Waals surface area contributed by atoms with Crippen molar-refractivity contribution in [2.75, 3.05) is 24.4 Å². The third-order valence-corrected chi connectivity index (χ3v) is 6.32. The summed E-state index contributed by atoms with van der Waals surface area (Å²) in [7, 11) is 1.61. The molecule has 1 aromatic heterocycles. The van der Waals surface area contributed by atoms with Crippen LogP contribution in [0.3, 0.4) is 0 Å². The van der Waals surface area contributed by atoms with Crippen LogP contribution < -0.4 is 20.1 Å². The number of ether oxygens (including phenoxy) is 2. The highest BCUT2D eigenvalue weighted by Gasteiger charge is 2.34. The van der Waals surface area contributed by atoms with E-state index in [1.54, 1.807) is 11.8 Å². The van der Waals surface area contributed by atoms with Crippen LogP contribution in [0.2, 0.25) is 0 Å². The highest BCUT2D eigenvalue weighted by molar-refractivity contribution is 6.06. The fraction of sp³-hybridized carbons (Fsp3) is 0.385. The first kappa shape index (κ1) is 24.3. The summed E-state index contributed by atoms with van der Waals surface area (Å²) in [5, 5.41) is 18.3. The number of methoxy groups -OCH3 is 1. The minimum atomic E-state index is -0.547. The number of nitrogens with one attached hydrogen (secondary N) is 2. The van der Waals surface area contributed by atoms with Crippen LogP contribution >= 0.6 is 0 Å². The first-order valence-electron chi connectivity index (χ1n) is 11.9. The largest absolute Gasteiger partial charge is 0.493 e. The molecular weight excluding hydrogens is 444 g/mol. The topological polar surface area (TPSA) is 103 Å². The van der Waals surface area contributed by atoms with Crippen molar-refractivity contribution < 1.29 is 14.3 Å². The molecule has 0 saturated carbocycles. The number of hydrogen-bond acceptors (Lipinski definition) is 7. The molecule has 9 nitrogen and oxygen atoms in total. The van der Waals surface area contributed by atoms with Crippen molar-refractivity contribution in [2.24, 2.45) is 0 Å². The molecule has 0 spiro atoms. The molecule has 0 bridgehead atoms. The molecule has 0 aliphatic carbocycles. The lowest BCUT2D eigenvalue weighted by molar-refractivity contribution is -0.113. The van der Waals surface area contributed by atoms with Gasteiger partial charge >= 0.3 is 0 Å². The van der Waals surface area contributed by atoms with Gasteiger partial charge in [-0.15, -0.1) is 0 Å². The van der Waals surface area contributed by atoms with Crippen molar-refractivity contribution >= 4 is 17.5 Å². The summed E-state index contributed by atoms with van der Waals surface area (Å²) in [6, 6.07) is 11.0. The second-order valence-corrected chi connectivity index (χ2v) is 8.68. The molecule has 1 atom stereocenters. The molecule has 1 aliphatic rings. The van der Waals surface area contributed by atoms with Crippen LogP contribution in [0, 0.1) is 13.8 Å². The van der Waals surface area contributed by atoms with Crippen molar-refractivity contribution in [3.05, 3.63) is 64.4 Å². The van der Waals surface area contributed by atoms with E-state index >= 15 is 0 Å². The standard InChI is InChI=1S/C26H32N6O3/c1-6-7-8-14-35-21-13-12-19(15-22(21)34-5)24-23(18(4)27-26-29-30-31-32(24)26)25(33)28-20-11-9-10-16(2)17(20)3/h9-13,15,24H,6-8,14H2,1-5H3,(H,28,33)(H,27,29,31). The molecule has 2 N–H and O–H groups in total. The second kappa shape index (κ2) is 10.6. The zero-order valence-corrected chi connectivity index (χ0v) is 20.9. The number of allylic oxidation sites excluding steroid dienone is 1. The Morgan fingerprint density at radius 3 is 2.74 bits per heavy atom. The average molecular weight is 477 g/mol. The van der Waals surface area contributed by atoms with Crippen LogP contribution in [0.15, 0.2) is 47.7 Å². The number of carbonyl (C=O) groups excluding carboxylic acids is 1. The lowest BCUT2D eigenvalue weighted by atomic mass is 9.94. The van der Waals surface area contributed by atoms with Gasteiger partial charge in [-0.1, -0.05) is 43.1 Å². The minimum absolute atomic E-state index is 0.228. The highest BCUT2D eigenvalue weighted by atomic mass is 16.5. The molecule has 2 aromatic carbocycles. The number of tetrazole rings is 1. The first-order valence-corrected chi connectivity index (χ1v) is 11.9. The van der Waals surface area contributed by atoms with Crippen molar-refractivity contribution in [3.8, 4) is 11.5 Å². The summed E-state index contributed by atoms with van der Waals surface area (Å²) in [5.74, 6) is 1.50. The van der Waals surface area contributed by atoms with Gasteiger partial charge in [0.25, 0.3) is 5.91 Å². The van der Waals surface area contributed by atoms with Gasteiger partial charge in [-0.05, 0) is 72.5 Å². The predicted molar refractivity (Wildman–Crippen MR) is 135 cm³/mol. The quantitative estimate of drug-likeness (QED) is 0.428. The maximum absolute atomic E-state index is 13.6. The number of rotatable bonds is 9. The van der Waals surface area contributed by atoms with Gasteiger partial charge in [0.05, 0.1) is 19.3 Å². The number of unbranched alkanes of at least 4 members (excludes halogenated alkanes) is 2. The van der Waals surface area contributed by atoms with Gasteiger partial charge in [-0.2, -0.15) is 4.68 Å². The zero-order chi connectivity index (χ0) is 24.9. The van der Waals surface area contributed by atoms with E-state index < -0.39 is 6.04 Å². The Morgan fingerprint density at radius 1 is 1.14 bits per heavy atom. The molecule has 0 radical (unpaired) electrons. The van der Waals surface area contributed by atoms with E-state index in [1.807, 2.05) is 57.2 Å². The fourth-order valence-corrected chi connectivity index (χ4v) is 4.20. The number of aromatic nitrogens is 4. The van der Waals surface area contributed by atoms with E-state index in [4.69, 9.17) is 9.47 Å². The van der Waals surface area contributed by atoms with E-state index in [0.717, 1.165) is 41.6 Å². The summed E-state index contributed by atoms with van der Waals surface area (Å²) >= 11 is 0. The molecule has 4 rings (SSSR count). The molecular formula is C26H32N6O3. The normalized spacial score (nSPS) is 14.8. The van der Waals surface area contributed by atoms with Crippen molar-refractivity contribution in [2.45, 2.75) is 53.0 Å². The Morgan fingerprint density at radius 2 is 1.97 bits per heavy atom. The molecule has 2 heterocycles. The van der Waals surface area contributed by atoms with E-state index in [2.05, 4.69) is 33.1 Å². The number of hydrogen-bond donors (Lipinski definition) is 2. The monoisotopic (exact) mass is 476 g/mol. The van der Waals surface area contributed by atoms with Gasteiger partial charge in [-0.3, -0.25) is 4.79 Å². The minimum Gasteiger partial charge on any atom is -0.493 e. The lowest BCUT2D eigenvalue weighted by Crippen LogP contribution is -2.31. The Balaban J connectivity index is 1.69. The Kier molecular flexibility index (Phi) is 7.33. The SMILES string of the molecule is CCCCCOc1ccc(C2C(C(=O)Nc3cccc(C)c3C)=C(C)Nc3nnnn32)cc1OC. The van der Waals surface area contributed by atoms with E-state index in [9.17, 15) is 4.79 Å². The fourth-order valence-electron chi connectivity index (χ4n) is 4.20. The van der Waals surface area contributed by atoms with Crippen LogP contribution in [0.25, 0.3) is 0 Å². The summed E-state index contributed by atoms with van der Waals surface area (Å²) in [6.45, 7) is 8.64. The average Bonchev–Trinajstić information content (AvgIpc) is 3.32. The summed E-state index contributed by atoms with van der Waals surface area (Å²) < 4.78 is 13.2. The highest BCUT2D eigenvalue weighted by Crippen LogP contribution is 2.39. The summed E-state index contributed by atoms with van der Waals surface area (Å²) in [4.78, 5) is 13.6. The molecule has 184 valence electrons. The first-order chi connectivity index (χ1) is 16.9. The zero-order valence-electron chi connectivity index (χ0n) is 20.9. The molecule has 1 aliphatic heterocycles.